The van der Waals surface area contributed by atoms with E-state index >= 15 is 0 Å². The van der Waals surface area contributed by atoms with Crippen molar-refractivity contribution in [1.82, 2.24) is 4.90 Å². The fraction of sp³-hybridized carbons (Fsp3) is 0.655. The van der Waals surface area contributed by atoms with E-state index in [1.54, 1.807) is 13.4 Å². The number of thioether (sulfide) groups is 1. The van der Waals surface area contributed by atoms with E-state index in [0.717, 1.165) is 74.0 Å². The number of hydrogen-bond donors (Lipinski definition) is 0. The maximum Gasteiger partial charge on any atom is 0.339 e. The van der Waals surface area contributed by atoms with Crippen molar-refractivity contribution in [3.63, 3.8) is 0 Å². The second-order valence-electron chi connectivity index (χ2n) is 11.8. The minimum atomic E-state index is -1.31. The van der Waals surface area contributed by atoms with Gasteiger partial charge in [0.15, 0.2) is 28.3 Å². The van der Waals surface area contributed by atoms with Gasteiger partial charge in [-0.05, 0) is 94.5 Å². The van der Waals surface area contributed by atoms with Gasteiger partial charge in [0, 0.05) is 6.54 Å². The predicted molar refractivity (Wildman–Crippen MR) is 142 cm³/mol. The van der Waals surface area contributed by atoms with Crippen LogP contribution in [0.4, 0.5) is 0 Å². The number of hydrogen-bond acceptors (Lipinski definition) is 9. The maximum atomic E-state index is 14.2. The number of fused-ring (bicyclic) bond motifs is 3. The van der Waals surface area contributed by atoms with Crippen LogP contribution < -0.4 is 9.47 Å². The first-order valence-electron chi connectivity index (χ1n) is 13.6. The topological polar surface area (TPSA) is 83.5 Å². The fourth-order valence-corrected chi connectivity index (χ4v) is 7.77. The quantitative estimate of drug-likeness (QED) is 0.504. The van der Waals surface area contributed by atoms with Crippen molar-refractivity contribution in [3.8, 4) is 11.5 Å². The first-order valence-corrected chi connectivity index (χ1v) is 14.9. The van der Waals surface area contributed by atoms with E-state index in [0.29, 0.717) is 12.2 Å². The van der Waals surface area contributed by atoms with Crippen LogP contribution in [0.25, 0.3) is 0 Å². The van der Waals surface area contributed by atoms with Crippen LogP contribution in [-0.4, -0.2) is 72.1 Å². The Kier molecular flexibility index (Phi) is 6.47. The Hall–Kier alpha value is -2.23. The number of benzene rings is 1. The van der Waals surface area contributed by atoms with Crippen LogP contribution in [0, 0.1) is 0 Å². The lowest BCUT2D eigenvalue weighted by molar-refractivity contribution is -0.213. The molecule has 2 fully saturated rings. The van der Waals surface area contributed by atoms with Gasteiger partial charge in [-0.15, -0.1) is 0 Å². The summed E-state index contributed by atoms with van der Waals surface area (Å²) >= 11 is 1.12. The van der Waals surface area contributed by atoms with Crippen LogP contribution in [-0.2, 0) is 30.2 Å². The van der Waals surface area contributed by atoms with Gasteiger partial charge >= 0.3 is 5.97 Å². The van der Waals surface area contributed by atoms with Crippen molar-refractivity contribution < 1.29 is 33.3 Å². The van der Waals surface area contributed by atoms with Crippen molar-refractivity contribution in [2.45, 2.75) is 87.6 Å². The molecule has 38 heavy (non-hydrogen) atoms. The van der Waals surface area contributed by atoms with Gasteiger partial charge in [0.1, 0.15) is 5.76 Å². The fourth-order valence-electron chi connectivity index (χ4n) is 7.39. The lowest BCUT2D eigenvalue weighted by Crippen LogP contribution is -2.54. The normalized spacial score (nSPS) is 33.0. The zero-order chi connectivity index (χ0) is 26.7. The van der Waals surface area contributed by atoms with Gasteiger partial charge in [0.25, 0.3) is 0 Å². The molecule has 4 aliphatic heterocycles. The van der Waals surface area contributed by atoms with Crippen LogP contribution >= 0.6 is 11.8 Å². The minimum absolute atomic E-state index is 0.00755. The Bertz CT molecular complexity index is 1180. The number of methoxy groups -OCH3 is 1. The summed E-state index contributed by atoms with van der Waals surface area (Å²) in [6, 6.07) is 4.16. The molecule has 2 saturated heterocycles. The molecule has 1 unspecified atom stereocenters. The zero-order valence-corrected chi connectivity index (χ0v) is 23.5. The van der Waals surface area contributed by atoms with Crippen molar-refractivity contribution >= 4 is 22.8 Å². The second kappa shape index (κ2) is 9.45. The van der Waals surface area contributed by atoms with Crippen molar-refractivity contribution in [2.24, 2.45) is 0 Å². The summed E-state index contributed by atoms with van der Waals surface area (Å²) in [5.74, 6) is 1.50. The van der Waals surface area contributed by atoms with Crippen LogP contribution in [0.15, 0.2) is 24.0 Å². The number of carbonyl (C=O) groups is 2. The average molecular weight is 544 g/mol. The van der Waals surface area contributed by atoms with Gasteiger partial charge in [0.05, 0.1) is 30.6 Å². The lowest BCUT2D eigenvalue weighted by Gasteiger charge is -2.44. The molecule has 8 nitrogen and oxygen atoms in total. The van der Waals surface area contributed by atoms with E-state index in [4.69, 9.17) is 23.7 Å². The smallest absolute Gasteiger partial charge is 0.339 e. The van der Waals surface area contributed by atoms with E-state index in [2.05, 4.69) is 23.1 Å². The summed E-state index contributed by atoms with van der Waals surface area (Å²) < 4.78 is 30.3. The number of carbonyl (C=O) groups excluding carboxylic acids is 2. The van der Waals surface area contributed by atoms with Crippen LogP contribution in [0.5, 0.6) is 11.5 Å². The molecule has 0 radical (unpaired) electrons. The summed E-state index contributed by atoms with van der Waals surface area (Å²) in [5, 5.41) is -0.0838. The lowest BCUT2D eigenvalue weighted by atomic mass is 9.77. The zero-order valence-electron chi connectivity index (χ0n) is 22.7. The third-order valence-corrected chi connectivity index (χ3v) is 9.66. The van der Waals surface area contributed by atoms with Crippen molar-refractivity contribution in [1.29, 1.82) is 0 Å². The monoisotopic (exact) mass is 543 g/mol. The Balaban J connectivity index is 1.41. The van der Waals surface area contributed by atoms with Gasteiger partial charge in [-0.25, -0.2) is 4.79 Å². The molecule has 0 N–H and O–H groups in total. The van der Waals surface area contributed by atoms with E-state index in [1.165, 1.54) is 5.56 Å². The molecular formula is C29H37NO7S. The molecule has 4 heterocycles. The molecule has 5 aliphatic rings. The first kappa shape index (κ1) is 26.0. The molecule has 0 saturated carbocycles. The van der Waals surface area contributed by atoms with Crippen LogP contribution in [0.1, 0.15) is 69.4 Å². The summed E-state index contributed by atoms with van der Waals surface area (Å²) in [4.78, 5) is 29.4. The molecule has 1 aromatic carbocycles. The van der Waals surface area contributed by atoms with E-state index in [-0.39, 0.29) is 29.8 Å². The van der Waals surface area contributed by atoms with Crippen LogP contribution in [0.3, 0.4) is 0 Å². The summed E-state index contributed by atoms with van der Waals surface area (Å²) in [6.45, 7) is 6.04. The SMILES string of the molecule is COC1=C[C@@]23CCCN2CCc2cc4c(cc2[C@@H]3C1OC(=O)[C@]1(CC(=O)SC)CCCC(C)(C)O1)OCO4. The van der Waals surface area contributed by atoms with Crippen LogP contribution in [0.2, 0.25) is 0 Å². The predicted octanol–water partition coefficient (Wildman–Crippen LogP) is 4.34. The molecule has 1 spiro atoms. The molecule has 0 aromatic heterocycles. The third-order valence-electron chi connectivity index (χ3n) is 9.06. The first-order chi connectivity index (χ1) is 18.2. The highest BCUT2D eigenvalue weighted by molar-refractivity contribution is 8.13. The largest absolute Gasteiger partial charge is 0.497 e. The molecule has 1 aliphatic carbocycles. The molecule has 9 heteroatoms. The van der Waals surface area contributed by atoms with E-state index < -0.39 is 23.3 Å². The molecule has 0 bridgehead atoms. The van der Waals surface area contributed by atoms with Crippen molar-refractivity contribution in [3.05, 3.63) is 35.1 Å². The molecule has 0 amide bonds. The van der Waals surface area contributed by atoms with Gasteiger partial charge in [-0.3, -0.25) is 9.69 Å². The second-order valence-corrected chi connectivity index (χ2v) is 12.6. The highest BCUT2D eigenvalue weighted by Crippen LogP contribution is 2.56. The summed E-state index contributed by atoms with van der Waals surface area (Å²) in [7, 11) is 1.64. The number of rotatable bonds is 5. The van der Waals surface area contributed by atoms with Gasteiger partial charge in [-0.1, -0.05) is 11.8 Å². The Morgan fingerprint density at radius 2 is 1.89 bits per heavy atom. The minimum Gasteiger partial charge on any atom is -0.497 e. The van der Waals surface area contributed by atoms with Gasteiger partial charge in [-0.2, -0.15) is 0 Å². The highest BCUT2D eigenvalue weighted by Gasteiger charge is 2.59. The number of esters is 1. The van der Waals surface area contributed by atoms with Crippen molar-refractivity contribution in [2.75, 3.05) is 33.2 Å². The molecule has 206 valence electrons. The third kappa shape index (κ3) is 4.12. The average Bonchev–Trinajstić information content (AvgIpc) is 3.57. The van der Waals surface area contributed by atoms with E-state index in [1.807, 2.05) is 13.8 Å². The molecule has 6 rings (SSSR count). The maximum absolute atomic E-state index is 14.2. The van der Waals surface area contributed by atoms with Gasteiger partial charge in [0.2, 0.25) is 6.79 Å². The Labute approximate surface area is 228 Å². The Morgan fingerprint density at radius 1 is 1.11 bits per heavy atom. The molecule has 1 aromatic rings. The standard InChI is InChI=1S/C29H37NO7S/c1-27(2)8-5-10-29(37-27,16-23(31)38-4)26(32)36-25-22(33-3)15-28-9-6-11-30(28)12-7-18-13-20-21(35-17-34-20)14-19(18)24(25)28/h13-15,24-25H,5-12,16-17H2,1-4H3/t24-,25?,28-,29-/m1/s1. The number of nitrogens with zero attached hydrogens (tertiary/aromatic N) is 1. The summed E-state index contributed by atoms with van der Waals surface area (Å²) in [6.07, 6.45) is 8.24. The summed E-state index contributed by atoms with van der Waals surface area (Å²) in [5.41, 5.74) is 0.140. The number of ether oxygens (including phenoxy) is 5. The van der Waals surface area contributed by atoms with Gasteiger partial charge < -0.3 is 23.7 Å². The highest BCUT2D eigenvalue weighted by atomic mass is 32.2. The molecule has 4 atom stereocenters. The Morgan fingerprint density at radius 3 is 2.63 bits per heavy atom. The molecular weight excluding hydrogens is 506 g/mol. The van der Waals surface area contributed by atoms with E-state index in [9.17, 15) is 9.59 Å².